The topological polar surface area (TPSA) is 63.8 Å². The molecule has 0 aliphatic heterocycles. The normalized spacial score (nSPS) is 11.0. The second-order valence-electron chi connectivity index (χ2n) is 5.34. The molecule has 3 rings (SSSR count). The maximum absolute atomic E-state index is 10.9. The van der Waals surface area contributed by atoms with Crippen molar-refractivity contribution < 1.29 is 14.6 Å². The third-order valence-electron chi connectivity index (χ3n) is 3.48. The fourth-order valence-electron chi connectivity index (χ4n) is 2.51. The number of fused-ring (bicyclic) bond motifs is 1. The number of carboxylic acid groups (broad SMARTS) is 1. The summed E-state index contributed by atoms with van der Waals surface area (Å²) in [5, 5.41) is 8.91. The van der Waals surface area contributed by atoms with Crippen LogP contribution in [0.2, 0.25) is 0 Å². The molecule has 2 aromatic heterocycles. The highest BCUT2D eigenvalue weighted by atomic mass is 32.1. The van der Waals surface area contributed by atoms with Crippen LogP contribution in [0.1, 0.15) is 23.9 Å². The van der Waals surface area contributed by atoms with Gasteiger partial charge in [-0.25, -0.2) is 4.98 Å². The minimum absolute atomic E-state index is 0.0588. The van der Waals surface area contributed by atoms with Gasteiger partial charge in [0.25, 0.3) is 0 Å². The Bertz CT molecular complexity index is 834. The maximum Gasteiger partial charge on any atom is 0.309 e. The van der Waals surface area contributed by atoms with Crippen molar-refractivity contribution in [2.75, 3.05) is 6.61 Å². The number of aliphatic carboxylic acids is 1. The molecule has 5 nitrogen and oxygen atoms in total. The lowest BCUT2D eigenvalue weighted by molar-refractivity contribution is -0.136. The molecule has 23 heavy (non-hydrogen) atoms. The summed E-state index contributed by atoms with van der Waals surface area (Å²) in [6.07, 6.45) is 2.73. The van der Waals surface area contributed by atoms with E-state index in [9.17, 15) is 4.79 Å². The third-order valence-corrected chi connectivity index (χ3v) is 4.45. The average molecular weight is 330 g/mol. The molecule has 0 spiro atoms. The molecule has 6 heteroatoms. The molecule has 0 aliphatic carbocycles. The second-order valence-corrected chi connectivity index (χ2v) is 6.52. The second kappa shape index (κ2) is 6.42. The summed E-state index contributed by atoms with van der Waals surface area (Å²) in [7, 11) is 0. The van der Waals surface area contributed by atoms with E-state index >= 15 is 0 Å². The minimum atomic E-state index is -0.869. The molecule has 1 aromatic carbocycles. The van der Waals surface area contributed by atoms with Crippen LogP contribution in [0.5, 0.6) is 5.75 Å². The number of nitrogens with zero attached hydrogens (tertiary/aromatic N) is 2. The Morgan fingerprint density at radius 1 is 1.35 bits per heavy atom. The average Bonchev–Trinajstić information content (AvgIpc) is 3.01. The molecule has 0 saturated heterocycles. The van der Waals surface area contributed by atoms with Crippen LogP contribution in [0.15, 0.2) is 30.5 Å². The zero-order valence-corrected chi connectivity index (χ0v) is 13.9. The van der Waals surface area contributed by atoms with Gasteiger partial charge < -0.3 is 9.84 Å². The third kappa shape index (κ3) is 3.22. The van der Waals surface area contributed by atoms with Crippen molar-refractivity contribution in [1.29, 1.82) is 0 Å². The molecule has 2 heterocycles. The molecule has 0 radical (unpaired) electrons. The Hall–Kier alpha value is -2.34. The summed E-state index contributed by atoms with van der Waals surface area (Å²) in [4.78, 5) is 17.2. The molecule has 3 aromatic rings. The van der Waals surface area contributed by atoms with E-state index < -0.39 is 5.97 Å². The first-order valence-corrected chi connectivity index (χ1v) is 8.32. The van der Waals surface area contributed by atoms with E-state index in [1.165, 1.54) is 0 Å². The van der Waals surface area contributed by atoms with E-state index in [-0.39, 0.29) is 6.42 Å². The Morgan fingerprint density at radius 3 is 2.74 bits per heavy atom. The Kier molecular flexibility index (Phi) is 4.34. The lowest BCUT2D eigenvalue weighted by Crippen LogP contribution is -1.99. The van der Waals surface area contributed by atoms with Crippen molar-refractivity contribution in [3.63, 3.8) is 0 Å². The summed E-state index contributed by atoms with van der Waals surface area (Å²) in [5.74, 6) is -0.0108. The van der Waals surface area contributed by atoms with Gasteiger partial charge in [-0.15, -0.1) is 11.3 Å². The van der Waals surface area contributed by atoms with Crippen molar-refractivity contribution in [2.24, 2.45) is 0 Å². The monoisotopic (exact) mass is 330 g/mol. The van der Waals surface area contributed by atoms with E-state index in [2.05, 4.69) is 11.9 Å². The van der Waals surface area contributed by atoms with Crippen LogP contribution < -0.4 is 4.74 Å². The van der Waals surface area contributed by atoms with Gasteiger partial charge in [0.15, 0.2) is 4.96 Å². The van der Waals surface area contributed by atoms with E-state index in [1.54, 1.807) is 11.3 Å². The predicted octanol–water partition coefficient (Wildman–Crippen LogP) is 3.79. The van der Waals surface area contributed by atoms with Crippen LogP contribution in [0, 0.1) is 6.92 Å². The number of aryl methyl sites for hydroxylation is 1. The van der Waals surface area contributed by atoms with Gasteiger partial charge >= 0.3 is 5.97 Å². The predicted molar refractivity (Wildman–Crippen MR) is 90.4 cm³/mol. The highest BCUT2D eigenvalue weighted by molar-refractivity contribution is 7.17. The van der Waals surface area contributed by atoms with Crippen LogP contribution in [0.4, 0.5) is 0 Å². The van der Waals surface area contributed by atoms with Gasteiger partial charge in [0.05, 0.1) is 24.4 Å². The molecule has 0 saturated carbocycles. The van der Waals surface area contributed by atoms with Gasteiger partial charge in [0.2, 0.25) is 0 Å². The summed E-state index contributed by atoms with van der Waals surface area (Å²) >= 11 is 1.57. The van der Waals surface area contributed by atoms with Crippen LogP contribution in [0.25, 0.3) is 16.2 Å². The van der Waals surface area contributed by atoms with Crippen LogP contribution in [-0.2, 0) is 11.2 Å². The zero-order valence-electron chi connectivity index (χ0n) is 13.1. The number of carboxylic acids is 1. The van der Waals surface area contributed by atoms with Crippen LogP contribution in [0.3, 0.4) is 0 Å². The summed E-state index contributed by atoms with van der Waals surface area (Å²) < 4.78 is 7.58. The molecule has 1 N–H and O–H groups in total. The number of aromatic nitrogens is 2. The lowest BCUT2D eigenvalue weighted by atomic mass is 10.1. The largest absolute Gasteiger partial charge is 0.494 e. The maximum atomic E-state index is 10.9. The molecular formula is C17H18N2O3S. The minimum Gasteiger partial charge on any atom is -0.494 e. The van der Waals surface area contributed by atoms with Gasteiger partial charge in [-0.05, 0) is 43.2 Å². The number of thiazole rings is 1. The van der Waals surface area contributed by atoms with Crippen LogP contribution in [-0.4, -0.2) is 27.1 Å². The van der Waals surface area contributed by atoms with Crippen molar-refractivity contribution in [1.82, 2.24) is 9.38 Å². The molecule has 0 aliphatic rings. The Labute approximate surface area is 138 Å². The molecule has 0 atom stereocenters. The molecule has 120 valence electrons. The first kappa shape index (κ1) is 15.6. The summed E-state index contributed by atoms with van der Waals surface area (Å²) in [5.41, 5.74) is 2.70. The SMILES string of the molecule is CCCOc1ccc(-c2c(C)sc3nc(CC(=O)O)cn23)cc1. The molecule has 0 bridgehead atoms. The molecule has 0 amide bonds. The molecule has 0 unspecified atom stereocenters. The van der Waals surface area contributed by atoms with Gasteiger partial charge in [0, 0.05) is 11.1 Å². The Morgan fingerprint density at radius 2 is 2.09 bits per heavy atom. The number of ether oxygens (including phenoxy) is 1. The zero-order chi connectivity index (χ0) is 16.4. The van der Waals surface area contributed by atoms with Gasteiger partial charge in [-0.3, -0.25) is 9.20 Å². The van der Waals surface area contributed by atoms with Crippen LogP contribution >= 0.6 is 11.3 Å². The summed E-state index contributed by atoms with van der Waals surface area (Å²) in [6, 6.07) is 7.97. The van der Waals surface area contributed by atoms with Crippen molar-refractivity contribution in [3.05, 3.63) is 41.0 Å². The number of rotatable bonds is 6. The van der Waals surface area contributed by atoms with Crippen molar-refractivity contribution in [2.45, 2.75) is 26.7 Å². The van der Waals surface area contributed by atoms with Gasteiger partial charge in [-0.1, -0.05) is 6.92 Å². The van der Waals surface area contributed by atoms with Gasteiger partial charge in [0.1, 0.15) is 5.75 Å². The number of carbonyl (C=O) groups is 1. The van der Waals surface area contributed by atoms with E-state index in [4.69, 9.17) is 9.84 Å². The smallest absolute Gasteiger partial charge is 0.309 e. The highest BCUT2D eigenvalue weighted by Gasteiger charge is 2.15. The lowest BCUT2D eigenvalue weighted by Gasteiger charge is -2.06. The first-order chi connectivity index (χ1) is 11.1. The first-order valence-electron chi connectivity index (χ1n) is 7.51. The quantitative estimate of drug-likeness (QED) is 0.747. The van der Waals surface area contributed by atoms with E-state index in [0.717, 1.165) is 33.3 Å². The van der Waals surface area contributed by atoms with Crippen molar-refractivity contribution in [3.8, 4) is 17.0 Å². The molecule has 0 fully saturated rings. The highest BCUT2D eigenvalue weighted by Crippen LogP contribution is 2.32. The number of hydrogen-bond acceptors (Lipinski definition) is 4. The van der Waals surface area contributed by atoms with Gasteiger partial charge in [-0.2, -0.15) is 0 Å². The van der Waals surface area contributed by atoms with E-state index in [0.29, 0.717) is 12.3 Å². The number of hydrogen-bond donors (Lipinski definition) is 1. The fourth-order valence-corrected chi connectivity index (χ4v) is 3.50. The number of benzene rings is 1. The van der Waals surface area contributed by atoms with Crippen molar-refractivity contribution >= 4 is 22.3 Å². The van der Waals surface area contributed by atoms with E-state index in [1.807, 2.05) is 41.8 Å². The molecular weight excluding hydrogens is 312 g/mol. The number of imidazole rings is 1. The summed E-state index contributed by atoms with van der Waals surface area (Å²) in [6.45, 7) is 4.84. The standard InChI is InChI=1S/C17H18N2O3S/c1-3-8-22-14-6-4-12(5-7-14)16-11(2)23-17-18-13(9-15(20)21)10-19(16)17/h4-7,10H,3,8-9H2,1-2H3,(H,20,21). The fraction of sp³-hybridized carbons (Fsp3) is 0.294. The Balaban J connectivity index is 1.96.